The Bertz CT molecular complexity index is 1010. The van der Waals surface area contributed by atoms with Crippen molar-refractivity contribution in [2.75, 3.05) is 11.4 Å². The predicted molar refractivity (Wildman–Crippen MR) is 109 cm³/mol. The summed E-state index contributed by atoms with van der Waals surface area (Å²) < 4.78 is 1.39. The maximum Gasteiger partial charge on any atom is 0.261 e. The Hall–Kier alpha value is -3.02. The smallest absolute Gasteiger partial charge is 0.261 e. The topological polar surface area (TPSA) is 68.1 Å². The van der Waals surface area contributed by atoms with Crippen LogP contribution in [0.1, 0.15) is 32.1 Å². The standard InChI is InChI=1S/C22H24N4O2/c27-21(15-25-16-24-19-11-5-4-10-18(19)22(25)28)26(20-12-6-7-13-23-20)14-17-8-2-1-3-9-17/h4-7,10-13,16-17H,1-3,8-9,14-15H2. The Morgan fingerprint density at radius 3 is 2.61 bits per heavy atom. The van der Waals surface area contributed by atoms with E-state index in [4.69, 9.17) is 0 Å². The molecule has 1 aliphatic rings. The largest absolute Gasteiger partial charge is 0.295 e. The molecule has 1 fully saturated rings. The molecule has 0 bridgehead atoms. The van der Waals surface area contributed by atoms with Gasteiger partial charge in [-0.2, -0.15) is 0 Å². The fourth-order valence-corrected chi connectivity index (χ4v) is 3.91. The Morgan fingerprint density at radius 2 is 1.82 bits per heavy atom. The van der Waals surface area contributed by atoms with Crippen LogP contribution < -0.4 is 10.5 Å². The van der Waals surface area contributed by atoms with Gasteiger partial charge in [-0.15, -0.1) is 0 Å². The van der Waals surface area contributed by atoms with Crippen molar-refractivity contribution in [2.45, 2.75) is 38.6 Å². The van der Waals surface area contributed by atoms with Gasteiger partial charge in [-0.25, -0.2) is 9.97 Å². The predicted octanol–water partition coefficient (Wildman–Crippen LogP) is 3.41. The zero-order valence-electron chi connectivity index (χ0n) is 15.8. The normalized spacial score (nSPS) is 14.9. The number of para-hydroxylation sites is 1. The van der Waals surface area contributed by atoms with Gasteiger partial charge < -0.3 is 0 Å². The van der Waals surface area contributed by atoms with Gasteiger partial charge in [0.1, 0.15) is 12.4 Å². The molecule has 28 heavy (non-hydrogen) atoms. The molecule has 2 aromatic heterocycles. The summed E-state index contributed by atoms with van der Waals surface area (Å²) in [4.78, 5) is 36.4. The number of aromatic nitrogens is 3. The van der Waals surface area contributed by atoms with E-state index in [1.165, 1.54) is 30.2 Å². The van der Waals surface area contributed by atoms with Crippen molar-refractivity contribution in [3.8, 4) is 0 Å². The minimum Gasteiger partial charge on any atom is -0.295 e. The van der Waals surface area contributed by atoms with Crippen molar-refractivity contribution in [2.24, 2.45) is 5.92 Å². The summed E-state index contributed by atoms with van der Waals surface area (Å²) in [5.41, 5.74) is 0.442. The summed E-state index contributed by atoms with van der Waals surface area (Å²) >= 11 is 0. The first-order valence-electron chi connectivity index (χ1n) is 9.88. The first kappa shape index (κ1) is 18.3. The summed E-state index contributed by atoms with van der Waals surface area (Å²) in [6.45, 7) is 0.603. The van der Waals surface area contributed by atoms with E-state index >= 15 is 0 Å². The van der Waals surface area contributed by atoms with E-state index in [1.807, 2.05) is 24.3 Å². The monoisotopic (exact) mass is 376 g/mol. The quantitative estimate of drug-likeness (QED) is 0.684. The summed E-state index contributed by atoms with van der Waals surface area (Å²) in [5.74, 6) is 0.981. The van der Waals surface area contributed by atoms with Crippen molar-refractivity contribution < 1.29 is 4.79 Å². The minimum absolute atomic E-state index is 0.0417. The van der Waals surface area contributed by atoms with E-state index in [1.54, 1.807) is 29.3 Å². The van der Waals surface area contributed by atoms with Gasteiger partial charge in [0.2, 0.25) is 5.91 Å². The Balaban J connectivity index is 1.60. The lowest BCUT2D eigenvalue weighted by molar-refractivity contribution is -0.119. The van der Waals surface area contributed by atoms with E-state index in [-0.39, 0.29) is 18.0 Å². The van der Waals surface area contributed by atoms with Crippen LogP contribution in [0.3, 0.4) is 0 Å². The van der Waals surface area contributed by atoms with Crippen LogP contribution in [0.5, 0.6) is 0 Å². The molecule has 6 nitrogen and oxygen atoms in total. The molecule has 1 amide bonds. The highest BCUT2D eigenvalue weighted by atomic mass is 16.2. The van der Waals surface area contributed by atoms with E-state index < -0.39 is 0 Å². The van der Waals surface area contributed by atoms with Crippen LogP contribution in [0, 0.1) is 5.92 Å². The third-order valence-corrected chi connectivity index (χ3v) is 5.43. The average Bonchev–Trinajstić information content (AvgIpc) is 2.75. The van der Waals surface area contributed by atoms with Gasteiger partial charge in [-0.05, 0) is 43.0 Å². The third kappa shape index (κ3) is 3.96. The van der Waals surface area contributed by atoms with Crippen LogP contribution in [-0.2, 0) is 11.3 Å². The molecule has 0 saturated heterocycles. The number of carbonyl (C=O) groups is 1. The average molecular weight is 376 g/mol. The van der Waals surface area contributed by atoms with Crippen molar-refractivity contribution in [3.63, 3.8) is 0 Å². The number of fused-ring (bicyclic) bond motifs is 1. The van der Waals surface area contributed by atoms with Crippen LogP contribution in [0.2, 0.25) is 0 Å². The molecular formula is C22H24N4O2. The number of amides is 1. The van der Waals surface area contributed by atoms with Crippen molar-refractivity contribution >= 4 is 22.6 Å². The third-order valence-electron chi connectivity index (χ3n) is 5.43. The molecule has 0 unspecified atom stereocenters. The fraction of sp³-hybridized carbons (Fsp3) is 0.364. The molecule has 0 spiro atoms. The molecule has 1 aliphatic carbocycles. The molecule has 144 valence electrons. The molecule has 0 aliphatic heterocycles. The number of hydrogen-bond donors (Lipinski definition) is 0. The first-order valence-corrected chi connectivity index (χ1v) is 9.88. The first-order chi connectivity index (χ1) is 13.7. The number of carbonyl (C=O) groups excluding carboxylic acids is 1. The highest BCUT2D eigenvalue weighted by Crippen LogP contribution is 2.26. The fourth-order valence-electron chi connectivity index (χ4n) is 3.91. The lowest BCUT2D eigenvalue weighted by Gasteiger charge is -2.29. The molecule has 0 N–H and O–H groups in total. The van der Waals surface area contributed by atoms with Gasteiger partial charge in [-0.3, -0.25) is 19.1 Å². The molecule has 4 rings (SSSR count). The number of anilines is 1. The number of benzene rings is 1. The van der Waals surface area contributed by atoms with Gasteiger partial charge in [0.15, 0.2) is 0 Å². The second kappa shape index (κ2) is 8.33. The van der Waals surface area contributed by atoms with Crippen LogP contribution in [0.25, 0.3) is 10.9 Å². The van der Waals surface area contributed by atoms with Gasteiger partial charge in [0.25, 0.3) is 5.56 Å². The molecule has 3 aromatic rings. The van der Waals surface area contributed by atoms with Crippen LogP contribution >= 0.6 is 0 Å². The number of rotatable bonds is 5. The summed E-state index contributed by atoms with van der Waals surface area (Å²) in [7, 11) is 0. The Labute approximate surface area is 163 Å². The summed E-state index contributed by atoms with van der Waals surface area (Å²) in [6.07, 6.45) is 9.11. The number of hydrogen-bond acceptors (Lipinski definition) is 4. The molecule has 1 saturated carbocycles. The highest BCUT2D eigenvalue weighted by molar-refractivity contribution is 5.92. The maximum atomic E-state index is 13.2. The zero-order valence-corrected chi connectivity index (χ0v) is 15.8. The summed E-state index contributed by atoms with van der Waals surface area (Å²) in [6, 6.07) is 12.8. The van der Waals surface area contributed by atoms with Gasteiger partial charge in [-0.1, -0.05) is 37.5 Å². The minimum atomic E-state index is -0.197. The molecule has 0 radical (unpaired) electrons. The van der Waals surface area contributed by atoms with E-state index in [9.17, 15) is 9.59 Å². The van der Waals surface area contributed by atoms with Crippen LogP contribution in [0.4, 0.5) is 5.82 Å². The van der Waals surface area contributed by atoms with E-state index in [0.29, 0.717) is 29.2 Å². The Morgan fingerprint density at radius 1 is 1.04 bits per heavy atom. The van der Waals surface area contributed by atoms with Crippen molar-refractivity contribution in [3.05, 3.63) is 65.3 Å². The van der Waals surface area contributed by atoms with Crippen molar-refractivity contribution in [1.29, 1.82) is 0 Å². The number of pyridine rings is 1. The van der Waals surface area contributed by atoms with Crippen LogP contribution in [0.15, 0.2) is 59.8 Å². The second-order valence-corrected chi connectivity index (χ2v) is 7.39. The molecule has 6 heteroatoms. The molecule has 0 atom stereocenters. The lowest BCUT2D eigenvalue weighted by Crippen LogP contribution is -2.40. The molecule has 2 heterocycles. The van der Waals surface area contributed by atoms with Crippen molar-refractivity contribution in [1.82, 2.24) is 14.5 Å². The van der Waals surface area contributed by atoms with E-state index in [2.05, 4.69) is 9.97 Å². The number of nitrogens with zero attached hydrogens (tertiary/aromatic N) is 4. The highest BCUT2D eigenvalue weighted by Gasteiger charge is 2.23. The zero-order chi connectivity index (χ0) is 19.3. The van der Waals surface area contributed by atoms with Gasteiger partial charge in [0, 0.05) is 12.7 Å². The molecule has 1 aromatic carbocycles. The van der Waals surface area contributed by atoms with Gasteiger partial charge >= 0.3 is 0 Å². The maximum absolute atomic E-state index is 13.2. The SMILES string of the molecule is O=C(Cn1cnc2ccccc2c1=O)N(CC1CCCCC1)c1ccccn1. The van der Waals surface area contributed by atoms with E-state index in [0.717, 1.165) is 12.8 Å². The summed E-state index contributed by atoms with van der Waals surface area (Å²) in [5, 5.41) is 0.523. The molecular weight excluding hydrogens is 352 g/mol. The van der Waals surface area contributed by atoms with Crippen LogP contribution in [-0.4, -0.2) is 27.0 Å². The lowest BCUT2D eigenvalue weighted by atomic mass is 9.89. The second-order valence-electron chi connectivity index (χ2n) is 7.39. The Kier molecular flexibility index (Phi) is 5.46. The van der Waals surface area contributed by atoms with Gasteiger partial charge in [0.05, 0.1) is 17.2 Å².